The lowest BCUT2D eigenvalue weighted by molar-refractivity contribution is -0.155. The van der Waals surface area contributed by atoms with Crippen LogP contribution >= 0.6 is 0 Å². The Kier molecular flexibility index (Phi) is 4.00. The van der Waals surface area contributed by atoms with Gasteiger partial charge in [-0.2, -0.15) is 13.2 Å². The van der Waals surface area contributed by atoms with Gasteiger partial charge in [0.25, 0.3) is 0 Å². The number of nitrogens with zero attached hydrogens (tertiary/aromatic N) is 1. The van der Waals surface area contributed by atoms with Crippen molar-refractivity contribution >= 4 is 11.9 Å². The maximum Gasteiger partial charge on any atom is 0.389 e. The highest BCUT2D eigenvalue weighted by molar-refractivity contribution is 5.84. The highest BCUT2D eigenvalue weighted by Crippen LogP contribution is 2.27. The summed E-state index contributed by atoms with van der Waals surface area (Å²) in [6.45, 7) is 1.65. The molecule has 2 atom stereocenters. The average Bonchev–Trinajstić information content (AvgIpc) is 2.55. The van der Waals surface area contributed by atoms with E-state index in [9.17, 15) is 22.8 Å². The summed E-state index contributed by atoms with van der Waals surface area (Å²) < 4.78 is 35.9. The number of hydrogen-bond donors (Lipinski definition) is 1. The molecule has 0 aromatic heterocycles. The molecule has 1 rings (SSSR count). The Morgan fingerprint density at radius 2 is 1.94 bits per heavy atom. The highest BCUT2D eigenvalue weighted by Gasteiger charge is 2.39. The van der Waals surface area contributed by atoms with Crippen LogP contribution in [-0.2, 0) is 9.59 Å². The van der Waals surface area contributed by atoms with E-state index >= 15 is 0 Å². The number of alkyl halides is 3. The molecule has 1 fully saturated rings. The third-order valence-electron chi connectivity index (χ3n) is 2.86. The van der Waals surface area contributed by atoms with Gasteiger partial charge in [-0.05, 0) is 19.8 Å². The van der Waals surface area contributed by atoms with Crippen molar-refractivity contribution in [3.05, 3.63) is 0 Å². The van der Waals surface area contributed by atoms with Gasteiger partial charge in [0.15, 0.2) is 0 Å². The normalized spacial score (nSPS) is 25.1. The van der Waals surface area contributed by atoms with Gasteiger partial charge in [-0.3, -0.25) is 4.79 Å². The van der Waals surface area contributed by atoms with Crippen molar-refractivity contribution in [2.75, 3.05) is 0 Å². The van der Waals surface area contributed by atoms with Gasteiger partial charge in [0, 0.05) is 12.5 Å². The number of halogens is 3. The molecule has 1 aliphatic heterocycles. The van der Waals surface area contributed by atoms with Gasteiger partial charge in [-0.15, -0.1) is 0 Å². The second kappa shape index (κ2) is 4.93. The van der Waals surface area contributed by atoms with Gasteiger partial charge in [0.1, 0.15) is 6.04 Å². The molecule has 0 aromatic carbocycles. The maximum atomic E-state index is 12.0. The first-order chi connectivity index (χ1) is 7.72. The Balaban J connectivity index is 2.63. The van der Waals surface area contributed by atoms with Gasteiger partial charge >= 0.3 is 12.1 Å². The number of carbonyl (C=O) groups excluding carboxylic acids is 1. The molecule has 7 heteroatoms. The van der Waals surface area contributed by atoms with Crippen molar-refractivity contribution in [1.82, 2.24) is 4.90 Å². The molecule has 1 saturated heterocycles. The number of aliphatic carboxylic acids is 1. The Morgan fingerprint density at radius 3 is 2.41 bits per heavy atom. The second-order valence-corrected chi connectivity index (χ2v) is 4.20. The number of likely N-dealkylation sites (tertiary alicyclic amines) is 1. The molecule has 0 spiro atoms. The first-order valence-electron chi connectivity index (χ1n) is 5.33. The van der Waals surface area contributed by atoms with Crippen LogP contribution in [0, 0.1) is 0 Å². The van der Waals surface area contributed by atoms with Gasteiger partial charge in [-0.25, -0.2) is 4.79 Å². The highest BCUT2D eigenvalue weighted by atomic mass is 19.4. The molecule has 1 amide bonds. The molecular formula is C10H14F3NO3. The summed E-state index contributed by atoms with van der Waals surface area (Å²) in [6.07, 6.45) is -5.47. The maximum absolute atomic E-state index is 12.0. The van der Waals surface area contributed by atoms with E-state index in [4.69, 9.17) is 5.11 Å². The molecule has 0 unspecified atom stereocenters. The molecule has 1 aliphatic rings. The van der Waals surface area contributed by atoms with Crippen LogP contribution in [0.2, 0.25) is 0 Å². The second-order valence-electron chi connectivity index (χ2n) is 4.20. The zero-order valence-electron chi connectivity index (χ0n) is 9.33. The number of carboxylic acid groups (broad SMARTS) is 1. The van der Waals surface area contributed by atoms with E-state index in [0.717, 1.165) is 4.90 Å². The molecule has 17 heavy (non-hydrogen) atoms. The minimum atomic E-state index is -4.39. The summed E-state index contributed by atoms with van der Waals surface area (Å²) in [7, 11) is 0. The van der Waals surface area contributed by atoms with E-state index in [1.807, 2.05) is 0 Å². The molecule has 0 radical (unpaired) electrons. The van der Waals surface area contributed by atoms with Gasteiger partial charge < -0.3 is 10.0 Å². The Labute approximate surface area is 96.4 Å². The van der Waals surface area contributed by atoms with Crippen LogP contribution in [0.5, 0.6) is 0 Å². The van der Waals surface area contributed by atoms with Gasteiger partial charge in [0.2, 0.25) is 5.91 Å². The standard InChI is InChI=1S/C10H14F3NO3/c1-6-2-3-7(9(16)17)14(6)8(15)4-5-10(11,12)13/h6-7H,2-5H2,1H3,(H,16,17)/t6-,7-/m1/s1. The van der Waals surface area contributed by atoms with Crippen molar-refractivity contribution in [2.24, 2.45) is 0 Å². The number of hydrogen-bond acceptors (Lipinski definition) is 2. The fourth-order valence-electron chi connectivity index (χ4n) is 2.02. The Morgan fingerprint density at radius 1 is 1.35 bits per heavy atom. The van der Waals surface area contributed by atoms with Crippen LogP contribution in [0.4, 0.5) is 13.2 Å². The van der Waals surface area contributed by atoms with Crippen molar-refractivity contribution in [1.29, 1.82) is 0 Å². The molecule has 0 aromatic rings. The Bertz CT molecular complexity index is 316. The predicted molar refractivity (Wildman–Crippen MR) is 52.3 cm³/mol. The molecule has 1 N–H and O–H groups in total. The summed E-state index contributed by atoms with van der Waals surface area (Å²) >= 11 is 0. The van der Waals surface area contributed by atoms with Crippen LogP contribution in [0.15, 0.2) is 0 Å². The lowest BCUT2D eigenvalue weighted by atomic mass is 10.2. The lowest BCUT2D eigenvalue weighted by Gasteiger charge is -2.26. The summed E-state index contributed by atoms with van der Waals surface area (Å²) in [5.74, 6) is -1.89. The van der Waals surface area contributed by atoms with Gasteiger partial charge in [0.05, 0.1) is 6.42 Å². The fourth-order valence-corrected chi connectivity index (χ4v) is 2.02. The first kappa shape index (κ1) is 13.8. The zero-order valence-corrected chi connectivity index (χ0v) is 9.33. The largest absolute Gasteiger partial charge is 0.480 e. The molecule has 0 saturated carbocycles. The first-order valence-corrected chi connectivity index (χ1v) is 5.33. The molecule has 1 heterocycles. The van der Waals surface area contributed by atoms with E-state index < -0.39 is 36.9 Å². The SMILES string of the molecule is C[C@@H]1CC[C@H](C(=O)O)N1C(=O)CCC(F)(F)F. The van der Waals surface area contributed by atoms with E-state index in [2.05, 4.69) is 0 Å². The summed E-state index contributed by atoms with van der Waals surface area (Å²) in [5.41, 5.74) is 0. The Hall–Kier alpha value is -1.27. The fraction of sp³-hybridized carbons (Fsp3) is 0.800. The van der Waals surface area contributed by atoms with Crippen molar-refractivity contribution in [3.63, 3.8) is 0 Å². The summed E-state index contributed by atoms with van der Waals surface area (Å²) in [4.78, 5) is 23.5. The number of rotatable bonds is 3. The van der Waals surface area contributed by atoms with Gasteiger partial charge in [-0.1, -0.05) is 0 Å². The van der Waals surface area contributed by atoms with Crippen LogP contribution in [0.3, 0.4) is 0 Å². The lowest BCUT2D eigenvalue weighted by Crippen LogP contribution is -2.44. The van der Waals surface area contributed by atoms with Crippen LogP contribution in [0.1, 0.15) is 32.6 Å². The molecule has 98 valence electrons. The third-order valence-corrected chi connectivity index (χ3v) is 2.86. The minimum absolute atomic E-state index is 0.300. The quantitative estimate of drug-likeness (QED) is 0.834. The number of carboxylic acids is 1. The predicted octanol–water partition coefficient (Wildman–Crippen LogP) is 1.79. The topological polar surface area (TPSA) is 57.6 Å². The number of carbonyl (C=O) groups is 2. The molecule has 0 aliphatic carbocycles. The van der Waals surface area contributed by atoms with Crippen molar-refractivity contribution in [2.45, 2.75) is 50.9 Å². The third kappa shape index (κ3) is 3.61. The molecular weight excluding hydrogens is 239 g/mol. The van der Waals surface area contributed by atoms with Crippen LogP contribution in [-0.4, -0.2) is 40.1 Å². The van der Waals surface area contributed by atoms with E-state index in [1.54, 1.807) is 6.92 Å². The number of amides is 1. The van der Waals surface area contributed by atoms with Crippen LogP contribution in [0.25, 0.3) is 0 Å². The summed E-state index contributed by atoms with van der Waals surface area (Å²) in [5, 5.41) is 8.86. The zero-order chi connectivity index (χ0) is 13.2. The van der Waals surface area contributed by atoms with E-state index in [-0.39, 0.29) is 6.04 Å². The van der Waals surface area contributed by atoms with E-state index in [1.165, 1.54) is 0 Å². The average molecular weight is 253 g/mol. The molecule has 0 bridgehead atoms. The molecule has 4 nitrogen and oxygen atoms in total. The monoisotopic (exact) mass is 253 g/mol. The van der Waals surface area contributed by atoms with Crippen molar-refractivity contribution in [3.8, 4) is 0 Å². The van der Waals surface area contributed by atoms with Crippen molar-refractivity contribution < 1.29 is 27.9 Å². The van der Waals surface area contributed by atoms with Crippen LogP contribution < -0.4 is 0 Å². The smallest absolute Gasteiger partial charge is 0.389 e. The summed E-state index contributed by atoms with van der Waals surface area (Å²) in [6, 6.07) is -1.29. The minimum Gasteiger partial charge on any atom is -0.480 e. The van der Waals surface area contributed by atoms with E-state index in [0.29, 0.717) is 12.8 Å².